The fourth-order valence-corrected chi connectivity index (χ4v) is 3.68. The number of benzene rings is 2. The van der Waals surface area contributed by atoms with Crippen molar-refractivity contribution in [3.63, 3.8) is 0 Å². The first kappa shape index (κ1) is 23.4. The van der Waals surface area contributed by atoms with E-state index >= 15 is 0 Å². The Morgan fingerprint density at radius 3 is 2.59 bits per heavy atom. The van der Waals surface area contributed by atoms with Crippen LogP contribution in [0.5, 0.6) is 0 Å². The lowest BCUT2D eigenvalue weighted by atomic mass is 10.1. The lowest BCUT2D eigenvalue weighted by Gasteiger charge is -2.18. The molecule has 1 unspecified atom stereocenters. The first-order valence-corrected chi connectivity index (χ1v) is 10.5. The Morgan fingerprint density at radius 1 is 1.19 bits per heavy atom. The molecule has 10 heteroatoms. The number of amides is 2. The summed E-state index contributed by atoms with van der Waals surface area (Å²) >= 11 is 11.8. The number of nitrogens with two attached hydrogens (primary N) is 1. The molecular weight excluding hydrogens is 455 g/mol. The molecule has 3 aromatic rings. The van der Waals surface area contributed by atoms with Crippen molar-refractivity contribution in [2.75, 3.05) is 0 Å². The molecule has 3 rings (SSSR count). The van der Waals surface area contributed by atoms with Crippen molar-refractivity contribution in [1.82, 2.24) is 14.9 Å². The van der Waals surface area contributed by atoms with Gasteiger partial charge in [-0.05, 0) is 49.2 Å². The molecule has 32 heavy (non-hydrogen) atoms. The van der Waals surface area contributed by atoms with Crippen LogP contribution in [0.25, 0.3) is 10.9 Å². The van der Waals surface area contributed by atoms with Gasteiger partial charge in [0.25, 0.3) is 11.5 Å². The number of hydrogen-bond donors (Lipinski definition) is 2. The Morgan fingerprint density at radius 2 is 1.94 bits per heavy atom. The zero-order valence-electron chi connectivity index (χ0n) is 17.1. The zero-order chi connectivity index (χ0) is 23.4. The van der Waals surface area contributed by atoms with E-state index in [2.05, 4.69) is 10.3 Å². The normalized spacial score (nSPS) is 11.8. The van der Waals surface area contributed by atoms with Gasteiger partial charge in [-0.25, -0.2) is 4.98 Å². The highest BCUT2D eigenvalue weighted by Crippen LogP contribution is 2.22. The Labute approximate surface area is 193 Å². The second-order valence-electron chi connectivity index (χ2n) is 7.16. The minimum absolute atomic E-state index is 0.0817. The second kappa shape index (κ2) is 9.93. The van der Waals surface area contributed by atoms with Gasteiger partial charge in [0.2, 0.25) is 5.91 Å². The van der Waals surface area contributed by atoms with Gasteiger partial charge in [-0.3, -0.25) is 19.0 Å². The molecule has 0 saturated heterocycles. The van der Waals surface area contributed by atoms with Crippen molar-refractivity contribution < 1.29 is 14.4 Å². The van der Waals surface area contributed by atoms with Crippen molar-refractivity contribution in [3.8, 4) is 0 Å². The van der Waals surface area contributed by atoms with E-state index in [0.29, 0.717) is 33.8 Å². The SMILES string of the molecule is Cc1nc2ccc(CNC(=O)c3ccc(Cl)c(Cl)c3)cc2c(=O)n1C(CCC=O)C(N)=O. The fourth-order valence-electron chi connectivity index (χ4n) is 3.38. The Kier molecular flexibility index (Phi) is 7.27. The smallest absolute Gasteiger partial charge is 0.262 e. The first-order valence-electron chi connectivity index (χ1n) is 9.71. The molecule has 0 aliphatic rings. The van der Waals surface area contributed by atoms with Crippen LogP contribution < -0.4 is 16.6 Å². The Balaban J connectivity index is 1.91. The summed E-state index contributed by atoms with van der Waals surface area (Å²) in [5.41, 5.74) is 6.47. The van der Waals surface area contributed by atoms with Crippen LogP contribution in [0, 0.1) is 6.92 Å². The van der Waals surface area contributed by atoms with Gasteiger partial charge in [0.05, 0.1) is 20.9 Å². The first-order chi connectivity index (χ1) is 15.2. The van der Waals surface area contributed by atoms with Crippen molar-refractivity contribution in [3.05, 3.63) is 73.7 Å². The molecule has 0 saturated carbocycles. The number of hydrogen-bond acceptors (Lipinski definition) is 5. The number of rotatable bonds is 8. The van der Waals surface area contributed by atoms with Crippen molar-refractivity contribution >= 4 is 52.2 Å². The van der Waals surface area contributed by atoms with Crippen LogP contribution in [-0.4, -0.2) is 27.7 Å². The molecule has 0 fully saturated rings. The minimum Gasteiger partial charge on any atom is -0.368 e. The average Bonchev–Trinajstić information content (AvgIpc) is 2.76. The van der Waals surface area contributed by atoms with Crippen molar-refractivity contribution in [2.45, 2.75) is 32.4 Å². The number of aromatic nitrogens is 2. The number of nitrogens with zero attached hydrogens (tertiary/aromatic N) is 2. The summed E-state index contributed by atoms with van der Waals surface area (Å²) in [5, 5.41) is 3.65. The predicted octanol–water partition coefficient (Wildman–Crippen LogP) is 2.95. The third-order valence-electron chi connectivity index (χ3n) is 4.97. The van der Waals surface area contributed by atoms with E-state index in [1.807, 2.05) is 0 Å². The molecule has 3 N–H and O–H groups in total. The van der Waals surface area contributed by atoms with Crippen molar-refractivity contribution in [2.24, 2.45) is 5.73 Å². The molecule has 0 spiro atoms. The van der Waals surface area contributed by atoms with Crippen LogP contribution >= 0.6 is 23.2 Å². The number of halogens is 2. The number of carbonyl (C=O) groups excluding carboxylic acids is 3. The lowest BCUT2D eigenvalue weighted by molar-refractivity contribution is -0.121. The number of aldehydes is 1. The quantitative estimate of drug-likeness (QED) is 0.485. The van der Waals surface area contributed by atoms with Gasteiger partial charge >= 0.3 is 0 Å². The maximum atomic E-state index is 13.2. The molecule has 0 bridgehead atoms. The van der Waals surface area contributed by atoms with Crippen LogP contribution in [0.2, 0.25) is 10.0 Å². The standard InChI is InChI=1S/C22H20Cl2N4O4/c1-12-27-18-7-4-13(11-26-21(31)14-5-6-16(23)17(24)10-14)9-15(18)22(32)28(12)19(20(25)30)3-2-8-29/h4-10,19H,2-3,11H2,1H3,(H2,25,30)(H,26,31). The number of aryl methyl sites for hydroxylation is 1. The highest BCUT2D eigenvalue weighted by atomic mass is 35.5. The average molecular weight is 475 g/mol. The Bertz CT molecular complexity index is 1270. The summed E-state index contributed by atoms with van der Waals surface area (Å²) in [7, 11) is 0. The molecule has 0 radical (unpaired) electrons. The maximum Gasteiger partial charge on any atom is 0.262 e. The van der Waals surface area contributed by atoms with E-state index in [0.717, 1.165) is 0 Å². The van der Waals surface area contributed by atoms with Crippen LogP contribution in [0.1, 0.15) is 40.6 Å². The van der Waals surface area contributed by atoms with Gasteiger partial charge in [-0.1, -0.05) is 29.3 Å². The Hall–Kier alpha value is -3.23. The zero-order valence-corrected chi connectivity index (χ0v) is 18.6. The second-order valence-corrected chi connectivity index (χ2v) is 7.97. The minimum atomic E-state index is -0.984. The van der Waals surface area contributed by atoms with Gasteiger partial charge in [-0.15, -0.1) is 0 Å². The maximum absolute atomic E-state index is 13.2. The van der Waals surface area contributed by atoms with Gasteiger partial charge < -0.3 is 15.8 Å². The van der Waals surface area contributed by atoms with Crippen LogP contribution in [0.15, 0.2) is 41.2 Å². The molecule has 0 aliphatic heterocycles. The molecular formula is C22H20Cl2N4O4. The van der Waals surface area contributed by atoms with E-state index in [1.165, 1.54) is 16.7 Å². The van der Waals surface area contributed by atoms with E-state index in [9.17, 15) is 19.2 Å². The van der Waals surface area contributed by atoms with E-state index in [1.54, 1.807) is 31.2 Å². The van der Waals surface area contributed by atoms with Gasteiger partial charge in [0, 0.05) is 18.5 Å². The van der Waals surface area contributed by atoms with Gasteiger partial charge in [-0.2, -0.15) is 0 Å². The molecule has 1 atom stereocenters. The predicted molar refractivity (Wildman–Crippen MR) is 122 cm³/mol. The summed E-state index contributed by atoms with van der Waals surface area (Å²) in [5.74, 6) is -0.758. The van der Waals surface area contributed by atoms with Crippen LogP contribution in [-0.2, 0) is 16.1 Å². The lowest BCUT2D eigenvalue weighted by Crippen LogP contribution is -2.36. The number of nitrogens with one attached hydrogen (secondary N) is 1. The number of fused-ring (bicyclic) bond motifs is 1. The largest absolute Gasteiger partial charge is 0.368 e. The summed E-state index contributed by atoms with van der Waals surface area (Å²) in [6.07, 6.45) is 0.851. The molecule has 1 heterocycles. The number of carbonyl (C=O) groups is 3. The number of primary amides is 1. The van der Waals surface area contributed by atoms with Crippen molar-refractivity contribution in [1.29, 1.82) is 0 Å². The third kappa shape index (κ3) is 4.98. The highest BCUT2D eigenvalue weighted by Gasteiger charge is 2.22. The summed E-state index contributed by atoms with van der Waals surface area (Å²) in [4.78, 5) is 52.6. The van der Waals surface area contributed by atoms with E-state index in [-0.39, 0.29) is 35.7 Å². The van der Waals surface area contributed by atoms with E-state index < -0.39 is 17.5 Å². The molecule has 1 aromatic heterocycles. The molecule has 166 valence electrons. The summed E-state index contributed by atoms with van der Waals surface area (Å²) in [6, 6.07) is 8.58. The molecule has 2 amide bonds. The van der Waals surface area contributed by atoms with Crippen LogP contribution in [0.4, 0.5) is 0 Å². The molecule has 8 nitrogen and oxygen atoms in total. The monoisotopic (exact) mass is 474 g/mol. The summed E-state index contributed by atoms with van der Waals surface area (Å²) in [6.45, 7) is 1.75. The van der Waals surface area contributed by atoms with Gasteiger partial charge in [0.15, 0.2) is 0 Å². The third-order valence-corrected chi connectivity index (χ3v) is 5.71. The molecule has 2 aromatic carbocycles. The van der Waals surface area contributed by atoms with Crippen LogP contribution in [0.3, 0.4) is 0 Å². The topological polar surface area (TPSA) is 124 Å². The molecule has 0 aliphatic carbocycles. The fraction of sp³-hybridized carbons (Fsp3) is 0.227. The summed E-state index contributed by atoms with van der Waals surface area (Å²) < 4.78 is 1.21. The van der Waals surface area contributed by atoms with E-state index in [4.69, 9.17) is 28.9 Å². The highest BCUT2D eigenvalue weighted by molar-refractivity contribution is 6.42. The van der Waals surface area contributed by atoms with Gasteiger partial charge in [0.1, 0.15) is 18.2 Å².